The molecule has 5 heteroatoms. The SMILES string of the molecule is COCOC[C@@H]([C@H](O)CC(C)=O)N(Cc1ccccc1)Cc1ccccc1. The summed E-state index contributed by atoms with van der Waals surface area (Å²) in [6, 6.07) is 19.9. The van der Waals surface area contributed by atoms with Gasteiger partial charge in [-0.2, -0.15) is 0 Å². The van der Waals surface area contributed by atoms with Crippen LogP contribution in [0.15, 0.2) is 60.7 Å². The van der Waals surface area contributed by atoms with E-state index < -0.39 is 6.10 Å². The van der Waals surface area contributed by atoms with Gasteiger partial charge < -0.3 is 14.6 Å². The number of ketones is 1. The number of benzene rings is 2. The van der Waals surface area contributed by atoms with Gasteiger partial charge in [-0.15, -0.1) is 0 Å². The number of carbonyl (C=O) groups is 1. The van der Waals surface area contributed by atoms with E-state index in [1.54, 1.807) is 7.11 Å². The molecule has 0 aromatic heterocycles. The Bertz CT molecular complexity index is 621. The Hall–Kier alpha value is -2.05. The number of aliphatic hydroxyl groups is 1. The topological polar surface area (TPSA) is 59.0 Å². The Labute approximate surface area is 161 Å². The van der Waals surface area contributed by atoms with Crippen LogP contribution >= 0.6 is 0 Å². The molecule has 0 saturated carbocycles. The van der Waals surface area contributed by atoms with Gasteiger partial charge in [0.15, 0.2) is 0 Å². The van der Waals surface area contributed by atoms with E-state index in [4.69, 9.17) is 9.47 Å². The Morgan fingerprint density at radius 3 is 1.96 bits per heavy atom. The molecular formula is C22H29NO4. The van der Waals surface area contributed by atoms with E-state index in [0.717, 1.165) is 11.1 Å². The number of Topliss-reactive ketones (excluding diaryl/α,β-unsaturated/α-hetero) is 1. The largest absolute Gasteiger partial charge is 0.391 e. The minimum absolute atomic E-state index is 0.0430. The second kappa shape index (κ2) is 11.6. The number of nitrogens with zero attached hydrogens (tertiary/aromatic N) is 1. The third-order valence-corrected chi connectivity index (χ3v) is 4.36. The standard InChI is InChI=1S/C22H29NO4/c1-18(24)13-22(25)21(16-27-17-26-2)23(14-19-9-5-3-6-10-19)15-20-11-7-4-8-12-20/h3-12,21-22,25H,13-17H2,1-2H3/t21-,22+/m0/s1. The van der Waals surface area contributed by atoms with E-state index in [-0.39, 0.29) is 31.6 Å². The van der Waals surface area contributed by atoms with E-state index >= 15 is 0 Å². The molecule has 1 N–H and O–H groups in total. The first-order valence-electron chi connectivity index (χ1n) is 9.16. The van der Waals surface area contributed by atoms with Gasteiger partial charge in [0, 0.05) is 26.6 Å². The molecule has 0 heterocycles. The second-order valence-electron chi connectivity index (χ2n) is 6.69. The lowest BCUT2D eigenvalue weighted by Crippen LogP contribution is -2.46. The van der Waals surface area contributed by atoms with Crippen molar-refractivity contribution in [1.82, 2.24) is 4.90 Å². The number of ether oxygens (including phenoxy) is 2. The first-order valence-corrected chi connectivity index (χ1v) is 9.16. The van der Waals surface area contributed by atoms with Crippen molar-refractivity contribution in [2.24, 2.45) is 0 Å². The highest BCUT2D eigenvalue weighted by molar-refractivity contribution is 5.76. The smallest absolute Gasteiger partial charge is 0.146 e. The monoisotopic (exact) mass is 371 g/mol. The van der Waals surface area contributed by atoms with Gasteiger partial charge >= 0.3 is 0 Å². The van der Waals surface area contributed by atoms with Crippen LogP contribution in [0.5, 0.6) is 0 Å². The van der Waals surface area contributed by atoms with E-state index in [0.29, 0.717) is 13.1 Å². The number of methoxy groups -OCH3 is 1. The highest BCUT2D eigenvalue weighted by Gasteiger charge is 2.28. The van der Waals surface area contributed by atoms with Crippen molar-refractivity contribution in [2.75, 3.05) is 20.5 Å². The van der Waals surface area contributed by atoms with Crippen LogP contribution in [-0.2, 0) is 27.4 Å². The van der Waals surface area contributed by atoms with E-state index in [1.165, 1.54) is 6.92 Å². The van der Waals surface area contributed by atoms with Crippen molar-refractivity contribution in [3.63, 3.8) is 0 Å². The predicted molar refractivity (Wildman–Crippen MR) is 105 cm³/mol. The lowest BCUT2D eigenvalue weighted by molar-refractivity contribution is -0.121. The molecule has 2 rings (SSSR count). The van der Waals surface area contributed by atoms with Crippen LogP contribution in [0.3, 0.4) is 0 Å². The van der Waals surface area contributed by atoms with Gasteiger partial charge in [0.2, 0.25) is 0 Å². The van der Waals surface area contributed by atoms with Gasteiger partial charge in [-0.1, -0.05) is 60.7 Å². The van der Waals surface area contributed by atoms with Crippen LogP contribution < -0.4 is 0 Å². The molecule has 0 bridgehead atoms. The van der Waals surface area contributed by atoms with Crippen molar-refractivity contribution in [3.8, 4) is 0 Å². The molecule has 146 valence electrons. The first kappa shape index (κ1) is 21.3. The van der Waals surface area contributed by atoms with Crippen LogP contribution in [0.4, 0.5) is 0 Å². The number of hydrogen-bond donors (Lipinski definition) is 1. The zero-order chi connectivity index (χ0) is 19.5. The van der Waals surface area contributed by atoms with Crippen LogP contribution in [0, 0.1) is 0 Å². The minimum atomic E-state index is -0.813. The summed E-state index contributed by atoms with van der Waals surface area (Å²) in [5.74, 6) is -0.0430. The van der Waals surface area contributed by atoms with E-state index in [2.05, 4.69) is 29.2 Å². The maximum absolute atomic E-state index is 11.6. The molecule has 0 spiro atoms. The summed E-state index contributed by atoms with van der Waals surface area (Å²) in [4.78, 5) is 13.7. The maximum atomic E-state index is 11.6. The van der Waals surface area contributed by atoms with Crippen molar-refractivity contribution in [2.45, 2.75) is 38.6 Å². The number of aliphatic hydroxyl groups excluding tert-OH is 1. The summed E-state index contributed by atoms with van der Waals surface area (Å²) in [6.07, 6.45) is -0.715. The fraction of sp³-hybridized carbons (Fsp3) is 0.409. The molecule has 0 fully saturated rings. The average molecular weight is 371 g/mol. The molecule has 0 saturated heterocycles. The predicted octanol–water partition coefficient (Wildman–Crippen LogP) is 3.02. The lowest BCUT2D eigenvalue weighted by atomic mass is 10.0. The average Bonchev–Trinajstić information content (AvgIpc) is 2.66. The summed E-state index contributed by atoms with van der Waals surface area (Å²) in [5, 5.41) is 10.7. The number of carbonyl (C=O) groups excluding carboxylic acids is 1. The quantitative estimate of drug-likeness (QED) is 0.459. The third-order valence-electron chi connectivity index (χ3n) is 4.36. The molecule has 2 aromatic rings. The third kappa shape index (κ3) is 7.61. The van der Waals surface area contributed by atoms with E-state index in [9.17, 15) is 9.90 Å². The van der Waals surface area contributed by atoms with Crippen molar-refractivity contribution in [3.05, 3.63) is 71.8 Å². The molecule has 0 aliphatic rings. The van der Waals surface area contributed by atoms with Crippen LogP contribution in [0.2, 0.25) is 0 Å². The highest BCUT2D eigenvalue weighted by atomic mass is 16.7. The molecule has 27 heavy (non-hydrogen) atoms. The minimum Gasteiger partial charge on any atom is -0.391 e. The summed E-state index contributed by atoms with van der Waals surface area (Å²) >= 11 is 0. The van der Waals surface area contributed by atoms with Gasteiger partial charge in [-0.05, 0) is 18.1 Å². The summed E-state index contributed by atoms with van der Waals surface area (Å²) in [5.41, 5.74) is 2.28. The number of rotatable bonds is 12. The van der Waals surface area contributed by atoms with Gasteiger partial charge in [-0.25, -0.2) is 0 Å². The Balaban J connectivity index is 2.24. The maximum Gasteiger partial charge on any atom is 0.146 e. The summed E-state index contributed by atoms with van der Waals surface area (Å²) in [7, 11) is 1.56. The molecular weight excluding hydrogens is 342 g/mol. The molecule has 0 amide bonds. The molecule has 2 atom stereocenters. The van der Waals surface area contributed by atoms with Gasteiger partial charge in [0.1, 0.15) is 12.6 Å². The lowest BCUT2D eigenvalue weighted by Gasteiger charge is -2.34. The molecule has 2 aromatic carbocycles. The van der Waals surface area contributed by atoms with Crippen molar-refractivity contribution < 1.29 is 19.4 Å². The zero-order valence-electron chi connectivity index (χ0n) is 16.1. The van der Waals surface area contributed by atoms with Crippen LogP contribution in [0.1, 0.15) is 24.5 Å². The normalized spacial score (nSPS) is 13.5. The van der Waals surface area contributed by atoms with E-state index in [1.807, 2.05) is 36.4 Å². The molecule has 0 radical (unpaired) electrons. The fourth-order valence-corrected chi connectivity index (χ4v) is 3.07. The van der Waals surface area contributed by atoms with Gasteiger partial charge in [-0.3, -0.25) is 9.69 Å². The van der Waals surface area contributed by atoms with Crippen molar-refractivity contribution in [1.29, 1.82) is 0 Å². The Kier molecular flexibility index (Phi) is 9.15. The van der Waals surface area contributed by atoms with Gasteiger partial charge in [0.25, 0.3) is 0 Å². The second-order valence-corrected chi connectivity index (χ2v) is 6.69. The summed E-state index contributed by atoms with van der Waals surface area (Å²) in [6.45, 7) is 3.21. The Morgan fingerprint density at radius 2 is 1.52 bits per heavy atom. The molecule has 5 nitrogen and oxygen atoms in total. The first-order chi connectivity index (χ1) is 13.1. The summed E-state index contributed by atoms with van der Waals surface area (Å²) < 4.78 is 10.5. The number of hydrogen-bond acceptors (Lipinski definition) is 5. The zero-order valence-corrected chi connectivity index (χ0v) is 16.1. The molecule has 0 aliphatic heterocycles. The molecule has 0 unspecified atom stereocenters. The molecule has 0 aliphatic carbocycles. The fourth-order valence-electron chi connectivity index (χ4n) is 3.07. The van der Waals surface area contributed by atoms with Crippen LogP contribution in [0.25, 0.3) is 0 Å². The van der Waals surface area contributed by atoms with Crippen molar-refractivity contribution >= 4 is 5.78 Å². The van der Waals surface area contributed by atoms with Crippen LogP contribution in [-0.4, -0.2) is 48.4 Å². The Morgan fingerprint density at radius 1 is 1.00 bits per heavy atom. The highest BCUT2D eigenvalue weighted by Crippen LogP contribution is 2.18. The van der Waals surface area contributed by atoms with Gasteiger partial charge in [0.05, 0.1) is 18.8 Å².